The molecule has 1 atom stereocenters. The molecule has 2 saturated heterocycles. The fourth-order valence-corrected chi connectivity index (χ4v) is 0.420. The summed E-state index contributed by atoms with van der Waals surface area (Å²) in [5.74, 6) is 0. The Morgan fingerprint density at radius 1 is 1.18 bits per heavy atom. The maximum absolute atomic E-state index is 4.73. The van der Waals surface area contributed by atoms with Crippen LogP contribution >= 0.6 is 0 Å². The van der Waals surface area contributed by atoms with Crippen molar-refractivity contribution in [1.82, 2.24) is 0 Å². The molecule has 0 spiro atoms. The van der Waals surface area contributed by atoms with Gasteiger partial charge in [0.05, 0.1) is 0 Å². The zero-order valence-electron chi connectivity index (χ0n) is 7.12. The molecule has 0 aromatic carbocycles. The van der Waals surface area contributed by atoms with Gasteiger partial charge in [-0.15, -0.1) is 0 Å². The molecule has 0 radical (unpaired) electrons. The Hall–Kier alpha value is -0.160. The molecule has 0 aromatic heterocycles. The molecule has 11 heavy (non-hydrogen) atoms. The third-order valence-corrected chi connectivity index (χ3v) is 1.72. The summed E-state index contributed by atoms with van der Waals surface area (Å²) in [4.78, 5) is 17.8. The van der Waals surface area contributed by atoms with Crippen molar-refractivity contribution in [2.45, 2.75) is 32.5 Å². The molecule has 2 rings (SSSR count). The van der Waals surface area contributed by atoms with Crippen molar-refractivity contribution in [3.05, 3.63) is 0 Å². The molecule has 0 bridgehead atoms. The van der Waals surface area contributed by atoms with Gasteiger partial charge in [-0.2, -0.15) is 0 Å². The molecule has 4 nitrogen and oxygen atoms in total. The standard InChI is InChI=1S/C5H10O2.C2H4O2/c1-4-5(2,3)7-6-4;1-2-4-3-1/h4H,1-3H3;1-2H2. The lowest BCUT2D eigenvalue weighted by molar-refractivity contribution is -0.496. The summed E-state index contributed by atoms with van der Waals surface area (Å²) in [6.07, 6.45) is 0.257. The quantitative estimate of drug-likeness (QED) is 0.499. The Bertz CT molecular complexity index is 116. The van der Waals surface area contributed by atoms with E-state index in [0.29, 0.717) is 0 Å². The van der Waals surface area contributed by atoms with Gasteiger partial charge in [0.15, 0.2) is 0 Å². The second-order valence-electron chi connectivity index (χ2n) is 3.07. The highest BCUT2D eigenvalue weighted by Crippen LogP contribution is 2.27. The summed E-state index contributed by atoms with van der Waals surface area (Å²) in [6, 6.07) is 0. The molecule has 66 valence electrons. The number of rotatable bonds is 0. The van der Waals surface area contributed by atoms with Gasteiger partial charge in [-0.05, 0) is 20.8 Å². The predicted octanol–water partition coefficient (Wildman–Crippen LogP) is 1.06. The van der Waals surface area contributed by atoms with E-state index in [0.717, 1.165) is 13.2 Å². The minimum Gasteiger partial charge on any atom is -0.234 e. The molecule has 2 aliphatic rings. The average Bonchev–Trinajstić information content (AvgIpc) is 1.81. The van der Waals surface area contributed by atoms with Crippen molar-refractivity contribution in [2.75, 3.05) is 13.2 Å². The molecule has 0 aliphatic carbocycles. The molecule has 2 fully saturated rings. The van der Waals surface area contributed by atoms with E-state index < -0.39 is 0 Å². The van der Waals surface area contributed by atoms with Crippen LogP contribution in [0.3, 0.4) is 0 Å². The van der Waals surface area contributed by atoms with E-state index in [1.807, 2.05) is 20.8 Å². The monoisotopic (exact) mass is 162 g/mol. The van der Waals surface area contributed by atoms with Crippen molar-refractivity contribution in [1.29, 1.82) is 0 Å². The molecular formula is C7H14O4. The molecule has 1 unspecified atom stereocenters. The Balaban J connectivity index is 0.000000128. The van der Waals surface area contributed by atoms with Gasteiger partial charge in [0, 0.05) is 0 Å². The topological polar surface area (TPSA) is 36.9 Å². The molecular weight excluding hydrogens is 148 g/mol. The van der Waals surface area contributed by atoms with E-state index in [2.05, 4.69) is 14.7 Å². The fourth-order valence-electron chi connectivity index (χ4n) is 0.420. The van der Waals surface area contributed by atoms with Crippen molar-refractivity contribution in [3.63, 3.8) is 0 Å². The summed E-state index contributed by atoms with van der Waals surface area (Å²) in [6.45, 7) is 7.55. The van der Waals surface area contributed by atoms with Crippen LogP contribution in [0.1, 0.15) is 20.8 Å². The number of hydrogen-bond acceptors (Lipinski definition) is 4. The second kappa shape index (κ2) is 3.49. The van der Waals surface area contributed by atoms with Gasteiger partial charge in [0.25, 0.3) is 0 Å². The van der Waals surface area contributed by atoms with Crippen LogP contribution in [0.15, 0.2) is 0 Å². The largest absolute Gasteiger partial charge is 0.234 e. The Labute approximate surface area is 66.2 Å². The molecule has 0 amide bonds. The minimum atomic E-state index is -0.0417. The van der Waals surface area contributed by atoms with Crippen LogP contribution in [0.25, 0.3) is 0 Å². The van der Waals surface area contributed by atoms with Crippen molar-refractivity contribution in [3.8, 4) is 0 Å². The minimum absolute atomic E-state index is 0.0417. The highest BCUT2D eigenvalue weighted by Gasteiger charge is 2.39. The van der Waals surface area contributed by atoms with Gasteiger partial charge in [0.2, 0.25) is 0 Å². The highest BCUT2D eigenvalue weighted by atomic mass is 17.3. The van der Waals surface area contributed by atoms with Gasteiger partial charge in [-0.1, -0.05) is 0 Å². The van der Waals surface area contributed by atoms with Crippen LogP contribution in [0.5, 0.6) is 0 Å². The first kappa shape index (κ1) is 8.93. The third kappa shape index (κ3) is 2.41. The first-order chi connectivity index (χ1) is 5.13. The van der Waals surface area contributed by atoms with Gasteiger partial charge in [0.1, 0.15) is 24.9 Å². The second-order valence-corrected chi connectivity index (χ2v) is 3.07. The normalized spacial score (nSPS) is 32.5. The van der Waals surface area contributed by atoms with Crippen LogP contribution in [0.4, 0.5) is 0 Å². The molecule has 2 aliphatic heterocycles. The lowest BCUT2D eigenvalue weighted by Gasteiger charge is -2.39. The van der Waals surface area contributed by atoms with E-state index >= 15 is 0 Å². The van der Waals surface area contributed by atoms with E-state index in [1.165, 1.54) is 0 Å². The first-order valence-corrected chi connectivity index (χ1v) is 3.72. The summed E-state index contributed by atoms with van der Waals surface area (Å²) in [5, 5.41) is 0. The third-order valence-electron chi connectivity index (χ3n) is 1.72. The van der Waals surface area contributed by atoms with Crippen LogP contribution in [-0.2, 0) is 19.6 Å². The van der Waals surface area contributed by atoms with Crippen molar-refractivity contribution < 1.29 is 19.6 Å². The van der Waals surface area contributed by atoms with Gasteiger partial charge < -0.3 is 0 Å². The fraction of sp³-hybridized carbons (Fsp3) is 1.00. The molecule has 0 aromatic rings. The van der Waals surface area contributed by atoms with E-state index in [4.69, 9.17) is 4.89 Å². The zero-order chi connectivity index (χ0) is 8.32. The molecule has 0 saturated carbocycles. The highest BCUT2D eigenvalue weighted by molar-refractivity contribution is 4.78. The van der Waals surface area contributed by atoms with Crippen LogP contribution < -0.4 is 0 Å². The van der Waals surface area contributed by atoms with Gasteiger partial charge in [-0.3, -0.25) is 0 Å². The van der Waals surface area contributed by atoms with E-state index in [-0.39, 0.29) is 11.7 Å². The lowest BCUT2D eigenvalue weighted by Crippen LogP contribution is -2.49. The maximum atomic E-state index is 4.73. The summed E-state index contributed by atoms with van der Waals surface area (Å²) < 4.78 is 0. The first-order valence-electron chi connectivity index (χ1n) is 3.72. The van der Waals surface area contributed by atoms with Crippen LogP contribution in [0, 0.1) is 0 Å². The Kier molecular flexibility index (Phi) is 2.84. The van der Waals surface area contributed by atoms with E-state index in [1.54, 1.807) is 0 Å². The van der Waals surface area contributed by atoms with Crippen molar-refractivity contribution >= 4 is 0 Å². The Morgan fingerprint density at radius 3 is 1.55 bits per heavy atom. The predicted molar refractivity (Wildman–Crippen MR) is 37.6 cm³/mol. The van der Waals surface area contributed by atoms with Crippen molar-refractivity contribution in [2.24, 2.45) is 0 Å². The van der Waals surface area contributed by atoms with Gasteiger partial charge >= 0.3 is 0 Å². The SMILES string of the molecule is C1COO1.CC1OOC1(C)C. The number of hydrogen-bond donors (Lipinski definition) is 0. The van der Waals surface area contributed by atoms with Gasteiger partial charge in [-0.25, -0.2) is 19.6 Å². The molecule has 2 heterocycles. The summed E-state index contributed by atoms with van der Waals surface area (Å²) >= 11 is 0. The maximum Gasteiger partial charge on any atom is 0.127 e. The summed E-state index contributed by atoms with van der Waals surface area (Å²) in [7, 11) is 0. The molecule has 4 heteroatoms. The summed E-state index contributed by atoms with van der Waals surface area (Å²) in [5.41, 5.74) is -0.0417. The van der Waals surface area contributed by atoms with Crippen LogP contribution in [0.2, 0.25) is 0 Å². The molecule has 0 N–H and O–H groups in total. The van der Waals surface area contributed by atoms with Crippen LogP contribution in [-0.4, -0.2) is 24.9 Å². The Morgan fingerprint density at radius 2 is 1.55 bits per heavy atom. The average molecular weight is 162 g/mol. The van der Waals surface area contributed by atoms with E-state index in [9.17, 15) is 0 Å². The lowest BCUT2D eigenvalue weighted by atomic mass is 10.0. The smallest absolute Gasteiger partial charge is 0.127 e. The zero-order valence-corrected chi connectivity index (χ0v) is 7.12.